The van der Waals surface area contributed by atoms with Crippen molar-refractivity contribution < 1.29 is 14.6 Å². The van der Waals surface area contributed by atoms with E-state index in [1.54, 1.807) is 31.2 Å². The summed E-state index contributed by atoms with van der Waals surface area (Å²) in [6.45, 7) is 3.91. The van der Waals surface area contributed by atoms with Gasteiger partial charge < -0.3 is 0 Å². The number of likely N-dealkylation sites (tertiary alicyclic amines) is 1. The van der Waals surface area contributed by atoms with E-state index in [-0.39, 0.29) is 23.2 Å². The molecule has 1 aliphatic rings. The minimum Gasteiger partial charge on any atom is -0.299 e. The average molecular weight is 425 g/mol. The molecule has 0 aliphatic carbocycles. The Labute approximate surface area is 178 Å². The van der Waals surface area contributed by atoms with E-state index in [0.29, 0.717) is 30.7 Å². The summed E-state index contributed by atoms with van der Waals surface area (Å²) in [5.41, 5.74) is 4.94. The smallest absolute Gasteiger partial charge is 0.269 e. The highest BCUT2D eigenvalue weighted by molar-refractivity contribution is 5.99. The second-order valence-electron chi connectivity index (χ2n) is 7.45. The molecule has 10 heteroatoms. The number of benzene rings is 2. The van der Waals surface area contributed by atoms with Crippen molar-refractivity contribution >= 4 is 23.0 Å². The first-order valence-corrected chi connectivity index (χ1v) is 9.88. The van der Waals surface area contributed by atoms with Crippen LogP contribution < -0.4 is 5.43 Å². The first-order valence-electron chi connectivity index (χ1n) is 9.88. The van der Waals surface area contributed by atoms with Gasteiger partial charge in [0, 0.05) is 36.7 Å². The number of hydrogen-bond acceptors (Lipinski definition) is 7. The third-order valence-electron chi connectivity index (χ3n) is 5.34. The van der Waals surface area contributed by atoms with Gasteiger partial charge in [0.15, 0.2) is 0 Å². The second kappa shape index (κ2) is 9.90. The lowest BCUT2D eigenvalue weighted by atomic mass is 9.96. The number of hydrogen-bond donors (Lipinski definition) is 1. The Bertz CT molecular complexity index is 980. The molecular weight excluding hydrogens is 402 g/mol. The zero-order chi connectivity index (χ0) is 22.4. The summed E-state index contributed by atoms with van der Waals surface area (Å²) in [6.07, 6.45) is 1.40. The van der Waals surface area contributed by atoms with Crippen LogP contribution >= 0.6 is 0 Å². The number of nitro groups is 2. The van der Waals surface area contributed by atoms with Gasteiger partial charge in [0.2, 0.25) is 5.91 Å². The van der Waals surface area contributed by atoms with Crippen LogP contribution in [0.2, 0.25) is 0 Å². The van der Waals surface area contributed by atoms with Crippen molar-refractivity contribution in [1.82, 2.24) is 10.3 Å². The van der Waals surface area contributed by atoms with Gasteiger partial charge in [-0.15, -0.1) is 0 Å². The normalized spacial score (nSPS) is 15.5. The number of amides is 1. The Morgan fingerprint density at radius 2 is 1.52 bits per heavy atom. The number of nitro benzene ring substituents is 2. The van der Waals surface area contributed by atoms with E-state index in [1.807, 2.05) is 0 Å². The largest absolute Gasteiger partial charge is 0.299 e. The SMILES string of the molecule is CC(=NNC(=O)C1CCN(Cc2ccc([N+](=O)[O-])cc2)CC1)c1ccc([N+](=O)[O-])cc1. The molecule has 2 aromatic rings. The Balaban J connectivity index is 1.47. The molecule has 0 saturated carbocycles. The molecule has 0 radical (unpaired) electrons. The Hall–Kier alpha value is -3.66. The third-order valence-corrected chi connectivity index (χ3v) is 5.34. The van der Waals surface area contributed by atoms with Crippen molar-refractivity contribution in [3.8, 4) is 0 Å². The standard InChI is InChI=1S/C21H23N5O5/c1-15(17-4-8-20(9-5-17)26(30)31)22-23-21(27)18-10-12-24(13-11-18)14-16-2-6-19(7-3-16)25(28)29/h2-9,18H,10-14H2,1H3,(H,23,27). The fraction of sp³-hybridized carbons (Fsp3) is 0.333. The average Bonchev–Trinajstić information content (AvgIpc) is 2.78. The number of rotatable bonds is 7. The van der Waals surface area contributed by atoms with Crippen LogP contribution in [0.3, 0.4) is 0 Å². The summed E-state index contributed by atoms with van der Waals surface area (Å²) in [5, 5.41) is 25.6. The molecule has 31 heavy (non-hydrogen) atoms. The van der Waals surface area contributed by atoms with Gasteiger partial charge in [0.25, 0.3) is 11.4 Å². The molecule has 1 saturated heterocycles. The summed E-state index contributed by atoms with van der Waals surface area (Å²) in [4.78, 5) is 35.3. The summed E-state index contributed by atoms with van der Waals surface area (Å²) in [6, 6.07) is 12.5. The molecule has 1 amide bonds. The van der Waals surface area contributed by atoms with Gasteiger partial charge in [-0.25, -0.2) is 5.43 Å². The predicted molar refractivity (Wildman–Crippen MR) is 115 cm³/mol. The molecule has 0 bridgehead atoms. The number of carbonyl (C=O) groups is 1. The first kappa shape index (κ1) is 22.0. The zero-order valence-corrected chi connectivity index (χ0v) is 17.1. The van der Waals surface area contributed by atoms with Gasteiger partial charge in [-0.05, 0) is 56.1 Å². The number of piperidine rings is 1. The number of hydrazone groups is 1. The van der Waals surface area contributed by atoms with Crippen LogP contribution in [0, 0.1) is 26.1 Å². The lowest BCUT2D eigenvalue weighted by Crippen LogP contribution is -2.39. The third kappa shape index (κ3) is 5.92. The summed E-state index contributed by atoms with van der Waals surface area (Å²) >= 11 is 0. The second-order valence-corrected chi connectivity index (χ2v) is 7.45. The monoisotopic (exact) mass is 425 g/mol. The van der Waals surface area contributed by atoms with Gasteiger partial charge in [0.05, 0.1) is 15.6 Å². The van der Waals surface area contributed by atoms with Crippen LogP contribution in [0.1, 0.15) is 30.9 Å². The Morgan fingerprint density at radius 3 is 2.03 bits per heavy atom. The minimum atomic E-state index is -0.466. The van der Waals surface area contributed by atoms with Crippen molar-refractivity contribution in [2.45, 2.75) is 26.3 Å². The maximum atomic E-state index is 12.5. The van der Waals surface area contributed by atoms with Gasteiger partial charge in [0.1, 0.15) is 0 Å². The van der Waals surface area contributed by atoms with Crippen molar-refractivity contribution in [3.63, 3.8) is 0 Å². The molecule has 10 nitrogen and oxygen atoms in total. The van der Waals surface area contributed by atoms with Crippen LogP contribution in [0.15, 0.2) is 53.6 Å². The molecule has 1 N–H and O–H groups in total. The summed E-state index contributed by atoms with van der Waals surface area (Å²) in [5.74, 6) is -0.280. The van der Waals surface area contributed by atoms with E-state index < -0.39 is 9.85 Å². The highest BCUT2D eigenvalue weighted by atomic mass is 16.6. The highest BCUT2D eigenvalue weighted by Gasteiger charge is 2.25. The first-order chi connectivity index (χ1) is 14.8. The molecule has 1 fully saturated rings. The van der Waals surface area contributed by atoms with Crippen LogP contribution in [-0.4, -0.2) is 39.5 Å². The van der Waals surface area contributed by atoms with E-state index in [0.717, 1.165) is 18.7 Å². The lowest BCUT2D eigenvalue weighted by Gasteiger charge is -2.30. The van der Waals surface area contributed by atoms with Gasteiger partial charge >= 0.3 is 0 Å². The van der Waals surface area contributed by atoms with Gasteiger partial charge in [-0.2, -0.15) is 5.10 Å². The molecule has 0 atom stereocenters. The molecule has 1 aliphatic heterocycles. The highest BCUT2D eigenvalue weighted by Crippen LogP contribution is 2.20. The lowest BCUT2D eigenvalue weighted by molar-refractivity contribution is -0.385. The fourth-order valence-electron chi connectivity index (χ4n) is 3.45. The summed E-state index contributed by atoms with van der Waals surface area (Å²) < 4.78 is 0. The van der Waals surface area contributed by atoms with Gasteiger partial charge in [-0.3, -0.25) is 29.9 Å². The molecule has 1 heterocycles. The molecule has 3 rings (SSSR count). The van der Waals surface area contributed by atoms with Crippen molar-refractivity contribution in [3.05, 3.63) is 79.9 Å². The Kier molecular flexibility index (Phi) is 7.03. The predicted octanol–water partition coefficient (Wildman–Crippen LogP) is 3.26. The molecular formula is C21H23N5O5. The quantitative estimate of drug-likeness (QED) is 0.411. The van der Waals surface area contributed by atoms with E-state index >= 15 is 0 Å². The van der Waals surface area contributed by atoms with Crippen LogP contribution in [0.5, 0.6) is 0 Å². The molecule has 0 aromatic heterocycles. The van der Waals surface area contributed by atoms with Crippen molar-refractivity contribution in [2.24, 2.45) is 11.0 Å². The van der Waals surface area contributed by atoms with Crippen molar-refractivity contribution in [2.75, 3.05) is 13.1 Å². The van der Waals surface area contributed by atoms with Crippen LogP contribution in [0.4, 0.5) is 11.4 Å². The number of nitrogens with one attached hydrogen (secondary N) is 1. The number of nitrogens with zero attached hydrogens (tertiary/aromatic N) is 4. The van der Waals surface area contributed by atoms with E-state index in [2.05, 4.69) is 15.4 Å². The Morgan fingerprint density at radius 1 is 1.00 bits per heavy atom. The zero-order valence-electron chi connectivity index (χ0n) is 17.1. The molecule has 0 unspecified atom stereocenters. The van der Waals surface area contributed by atoms with Crippen LogP contribution in [0.25, 0.3) is 0 Å². The topological polar surface area (TPSA) is 131 Å². The maximum Gasteiger partial charge on any atom is 0.269 e. The van der Waals surface area contributed by atoms with Gasteiger partial charge in [-0.1, -0.05) is 12.1 Å². The van der Waals surface area contributed by atoms with Crippen molar-refractivity contribution in [1.29, 1.82) is 0 Å². The summed E-state index contributed by atoms with van der Waals surface area (Å²) in [7, 11) is 0. The van der Waals surface area contributed by atoms with E-state index in [4.69, 9.17) is 0 Å². The minimum absolute atomic E-state index is 0.000992. The number of non-ortho nitro benzene ring substituents is 2. The van der Waals surface area contributed by atoms with E-state index in [1.165, 1.54) is 24.3 Å². The molecule has 0 spiro atoms. The van der Waals surface area contributed by atoms with E-state index in [9.17, 15) is 25.0 Å². The fourth-order valence-corrected chi connectivity index (χ4v) is 3.45. The van der Waals surface area contributed by atoms with Crippen LogP contribution in [-0.2, 0) is 11.3 Å². The molecule has 2 aromatic carbocycles. The maximum absolute atomic E-state index is 12.5. The number of carbonyl (C=O) groups excluding carboxylic acids is 1. The molecule has 162 valence electrons.